The van der Waals surface area contributed by atoms with Crippen LogP contribution in [0.2, 0.25) is 0 Å². The fourth-order valence-corrected chi connectivity index (χ4v) is 3.77. The third kappa shape index (κ3) is 3.47. The van der Waals surface area contributed by atoms with Gasteiger partial charge in [-0.25, -0.2) is 0 Å². The molecule has 4 rings (SSSR count). The molecule has 1 saturated heterocycles. The predicted molar refractivity (Wildman–Crippen MR) is 102 cm³/mol. The minimum Gasteiger partial charge on any atom is -0.459 e. The minimum atomic E-state index is -0.108. The molecule has 2 aromatic heterocycles. The predicted octanol–water partition coefficient (Wildman–Crippen LogP) is 2.69. The van der Waals surface area contributed by atoms with Crippen molar-refractivity contribution < 1.29 is 14.0 Å². The van der Waals surface area contributed by atoms with Gasteiger partial charge in [0.15, 0.2) is 5.76 Å². The summed E-state index contributed by atoms with van der Waals surface area (Å²) in [4.78, 5) is 29.0. The smallest absolute Gasteiger partial charge is 0.289 e. The van der Waals surface area contributed by atoms with Crippen molar-refractivity contribution in [2.75, 3.05) is 26.2 Å². The van der Waals surface area contributed by atoms with E-state index < -0.39 is 0 Å². The maximum absolute atomic E-state index is 12.9. The van der Waals surface area contributed by atoms with Gasteiger partial charge in [0.2, 0.25) is 5.91 Å². The van der Waals surface area contributed by atoms with E-state index in [1.54, 1.807) is 17.0 Å². The molecule has 27 heavy (non-hydrogen) atoms. The Morgan fingerprint density at radius 1 is 1.00 bits per heavy atom. The maximum atomic E-state index is 12.9. The lowest BCUT2D eigenvalue weighted by Crippen LogP contribution is -2.37. The van der Waals surface area contributed by atoms with Gasteiger partial charge in [0.1, 0.15) is 0 Å². The van der Waals surface area contributed by atoms with Crippen LogP contribution in [-0.4, -0.2) is 52.4 Å². The number of benzene rings is 1. The first kappa shape index (κ1) is 17.4. The summed E-state index contributed by atoms with van der Waals surface area (Å²) >= 11 is 0. The van der Waals surface area contributed by atoms with Crippen LogP contribution in [0.1, 0.15) is 22.5 Å². The topological polar surface area (TPSA) is 58.7 Å². The van der Waals surface area contributed by atoms with Crippen LogP contribution in [-0.2, 0) is 18.3 Å². The number of rotatable bonds is 3. The van der Waals surface area contributed by atoms with Crippen LogP contribution < -0.4 is 0 Å². The summed E-state index contributed by atoms with van der Waals surface area (Å²) in [6.45, 7) is 2.39. The number of para-hydroxylation sites is 1. The SMILES string of the molecule is Cn1cc(CC(=O)N2CCCN(C(=O)c3ccco3)CC2)c2ccccc21. The molecule has 1 aromatic carbocycles. The van der Waals surface area contributed by atoms with Crippen molar-refractivity contribution in [1.82, 2.24) is 14.4 Å². The van der Waals surface area contributed by atoms with Crippen molar-refractivity contribution in [1.29, 1.82) is 0 Å². The van der Waals surface area contributed by atoms with E-state index in [0.29, 0.717) is 38.4 Å². The van der Waals surface area contributed by atoms with Crippen LogP contribution in [0.25, 0.3) is 10.9 Å². The van der Waals surface area contributed by atoms with E-state index >= 15 is 0 Å². The van der Waals surface area contributed by atoms with Crippen molar-refractivity contribution in [2.24, 2.45) is 7.05 Å². The average Bonchev–Trinajstić information content (AvgIpc) is 3.23. The third-order valence-corrected chi connectivity index (χ3v) is 5.19. The van der Waals surface area contributed by atoms with Crippen LogP contribution in [0.4, 0.5) is 0 Å². The Hall–Kier alpha value is -3.02. The molecular weight excluding hydrogens is 342 g/mol. The van der Waals surface area contributed by atoms with Crippen LogP contribution in [0.3, 0.4) is 0 Å². The van der Waals surface area contributed by atoms with Crippen molar-refractivity contribution in [3.05, 3.63) is 60.2 Å². The second-order valence-electron chi connectivity index (χ2n) is 6.96. The maximum Gasteiger partial charge on any atom is 0.289 e. The number of hydrogen-bond acceptors (Lipinski definition) is 3. The quantitative estimate of drug-likeness (QED) is 0.717. The Kier molecular flexibility index (Phi) is 4.71. The summed E-state index contributed by atoms with van der Waals surface area (Å²) in [5.74, 6) is 0.354. The highest BCUT2D eigenvalue weighted by atomic mass is 16.3. The van der Waals surface area contributed by atoms with Crippen molar-refractivity contribution in [3.8, 4) is 0 Å². The van der Waals surface area contributed by atoms with Gasteiger partial charge in [-0.15, -0.1) is 0 Å². The number of nitrogens with zero attached hydrogens (tertiary/aromatic N) is 3. The highest BCUT2D eigenvalue weighted by Gasteiger charge is 2.24. The molecule has 1 aliphatic rings. The number of fused-ring (bicyclic) bond motifs is 1. The van der Waals surface area contributed by atoms with Crippen LogP contribution in [0.15, 0.2) is 53.3 Å². The molecule has 6 nitrogen and oxygen atoms in total. The van der Waals surface area contributed by atoms with E-state index in [4.69, 9.17) is 4.42 Å². The number of amides is 2. The van der Waals surface area contributed by atoms with E-state index in [1.807, 2.05) is 30.3 Å². The van der Waals surface area contributed by atoms with Crippen molar-refractivity contribution >= 4 is 22.7 Å². The zero-order valence-corrected chi connectivity index (χ0v) is 15.4. The van der Waals surface area contributed by atoms with E-state index in [1.165, 1.54) is 6.26 Å². The number of carbonyl (C=O) groups excluding carboxylic acids is 2. The van der Waals surface area contributed by atoms with E-state index in [0.717, 1.165) is 22.9 Å². The molecule has 0 N–H and O–H groups in total. The number of aromatic nitrogens is 1. The molecule has 1 aliphatic heterocycles. The number of furan rings is 1. The van der Waals surface area contributed by atoms with Gasteiger partial charge in [0, 0.05) is 50.3 Å². The Morgan fingerprint density at radius 3 is 2.59 bits per heavy atom. The standard InChI is InChI=1S/C21H23N3O3/c1-22-15-16(17-6-2-3-7-18(17)22)14-20(25)23-9-5-10-24(12-11-23)21(26)19-8-4-13-27-19/h2-4,6-8,13,15H,5,9-12,14H2,1H3. The summed E-state index contributed by atoms with van der Waals surface area (Å²) in [6.07, 6.45) is 4.69. The highest BCUT2D eigenvalue weighted by molar-refractivity contribution is 5.92. The summed E-state index contributed by atoms with van der Waals surface area (Å²) in [5.41, 5.74) is 2.18. The van der Waals surface area contributed by atoms with E-state index in [2.05, 4.69) is 16.7 Å². The van der Waals surface area contributed by atoms with Gasteiger partial charge in [0.05, 0.1) is 12.7 Å². The molecule has 0 unspecified atom stereocenters. The third-order valence-electron chi connectivity index (χ3n) is 5.19. The molecule has 3 aromatic rings. The lowest BCUT2D eigenvalue weighted by molar-refractivity contribution is -0.130. The van der Waals surface area contributed by atoms with Gasteiger partial charge in [-0.2, -0.15) is 0 Å². The number of hydrogen-bond donors (Lipinski definition) is 0. The van der Waals surface area contributed by atoms with Gasteiger partial charge in [-0.3, -0.25) is 9.59 Å². The monoisotopic (exact) mass is 365 g/mol. The fourth-order valence-electron chi connectivity index (χ4n) is 3.77. The number of aryl methyl sites for hydroxylation is 1. The normalized spacial score (nSPS) is 15.1. The summed E-state index contributed by atoms with van der Waals surface area (Å²) in [5, 5.41) is 1.12. The second kappa shape index (κ2) is 7.31. The summed E-state index contributed by atoms with van der Waals surface area (Å²) in [7, 11) is 2.00. The highest BCUT2D eigenvalue weighted by Crippen LogP contribution is 2.21. The molecule has 2 amide bonds. The lowest BCUT2D eigenvalue weighted by atomic mass is 10.1. The molecule has 0 aliphatic carbocycles. The Morgan fingerprint density at radius 2 is 1.78 bits per heavy atom. The van der Waals surface area contributed by atoms with Gasteiger partial charge >= 0.3 is 0 Å². The molecule has 0 atom stereocenters. The zero-order valence-electron chi connectivity index (χ0n) is 15.4. The first-order chi connectivity index (χ1) is 13.1. The molecule has 140 valence electrons. The average molecular weight is 365 g/mol. The summed E-state index contributed by atoms with van der Waals surface area (Å²) < 4.78 is 7.27. The molecule has 0 radical (unpaired) electrons. The molecule has 3 heterocycles. The minimum absolute atomic E-state index is 0.108. The molecule has 6 heteroatoms. The fraction of sp³-hybridized carbons (Fsp3) is 0.333. The molecular formula is C21H23N3O3. The molecule has 0 spiro atoms. The van der Waals surface area contributed by atoms with Crippen LogP contribution >= 0.6 is 0 Å². The Labute approximate surface area is 158 Å². The lowest BCUT2D eigenvalue weighted by Gasteiger charge is -2.21. The largest absolute Gasteiger partial charge is 0.459 e. The number of carbonyl (C=O) groups is 2. The first-order valence-electron chi connectivity index (χ1n) is 9.27. The Bertz CT molecular complexity index is 958. The van der Waals surface area contributed by atoms with E-state index in [9.17, 15) is 9.59 Å². The van der Waals surface area contributed by atoms with Crippen molar-refractivity contribution in [2.45, 2.75) is 12.8 Å². The molecule has 0 bridgehead atoms. The van der Waals surface area contributed by atoms with Gasteiger partial charge in [-0.05, 0) is 30.2 Å². The van der Waals surface area contributed by atoms with Crippen LogP contribution in [0.5, 0.6) is 0 Å². The van der Waals surface area contributed by atoms with Crippen molar-refractivity contribution in [3.63, 3.8) is 0 Å². The second-order valence-corrected chi connectivity index (χ2v) is 6.96. The van der Waals surface area contributed by atoms with Gasteiger partial charge < -0.3 is 18.8 Å². The zero-order chi connectivity index (χ0) is 18.8. The van der Waals surface area contributed by atoms with Gasteiger partial charge in [0.25, 0.3) is 5.91 Å². The van der Waals surface area contributed by atoms with Crippen LogP contribution in [0, 0.1) is 0 Å². The molecule has 1 fully saturated rings. The van der Waals surface area contributed by atoms with E-state index in [-0.39, 0.29) is 11.8 Å². The molecule has 0 saturated carbocycles. The Balaban J connectivity index is 1.43. The summed E-state index contributed by atoms with van der Waals surface area (Å²) in [6, 6.07) is 11.5. The first-order valence-corrected chi connectivity index (χ1v) is 9.27. The van der Waals surface area contributed by atoms with Gasteiger partial charge in [-0.1, -0.05) is 18.2 Å².